The van der Waals surface area contributed by atoms with Crippen molar-refractivity contribution >= 4 is 11.6 Å². The summed E-state index contributed by atoms with van der Waals surface area (Å²) in [5, 5.41) is 0.639. The van der Waals surface area contributed by atoms with Gasteiger partial charge in [0.05, 0.1) is 0 Å². The zero-order valence-corrected chi connectivity index (χ0v) is 9.86. The first-order valence-corrected chi connectivity index (χ1v) is 5.72. The third-order valence-corrected chi connectivity index (χ3v) is 2.95. The van der Waals surface area contributed by atoms with Crippen LogP contribution in [-0.2, 0) is 0 Å². The summed E-state index contributed by atoms with van der Waals surface area (Å²) in [4.78, 5) is 2.15. The quantitative estimate of drug-likeness (QED) is 0.753. The Hall–Kier alpha value is -0.540. The molecule has 2 rings (SSSR count). The minimum Gasteiger partial charge on any atom is -0.372 e. The molecule has 1 aliphatic heterocycles. The third kappa shape index (κ3) is 3.21. The van der Waals surface area contributed by atoms with Gasteiger partial charge in [-0.2, -0.15) is 0 Å². The van der Waals surface area contributed by atoms with Crippen molar-refractivity contribution in [2.24, 2.45) is 5.73 Å². The third-order valence-electron chi connectivity index (χ3n) is 2.65. The molecule has 0 aromatic carbocycles. The molecule has 0 aromatic rings. The lowest BCUT2D eigenvalue weighted by Gasteiger charge is -2.24. The maximum absolute atomic E-state index is 13.4. The molecule has 1 fully saturated rings. The van der Waals surface area contributed by atoms with Crippen LogP contribution in [0.25, 0.3) is 0 Å². The maximum atomic E-state index is 13.4. The topological polar surface area (TPSA) is 29.3 Å². The van der Waals surface area contributed by atoms with Crippen LogP contribution in [0.2, 0.25) is 0 Å². The van der Waals surface area contributed by atoms with Gasteiger partial charge < -0.3 is 10.6 Å². The van der Waals surface area contributed by atoms with E-state index in [4.69, 9.17) is 11.6 Å². The van der Waals surface area contributed by atoms with E-state index >= 15 is 0 Å². The first-order valence-electron chi connectivity index (χ1n) is 5.35. The lowest BCUT2D eigenvalue weighted by molar-refractivity contribution is 0.386. The highest BCUT2D eigenvalue weighted by atomic mass is 35.5. The van der Waals surface area contributed by atoms with Gasteiger partial charge >= 0.3 is 0 Å². The van der Waals surface area contributed by atoms with Crippen LogP contribution in [0.15, 0.2) is 22.6 Å². The number of halogens is 2. The van der Waals surface area contributed by atoms with Crippen molar-refractivity contribution in [1.82, 2.24) is 4.90 Å². The Balaban J connectivity index is 0.000000531. The smallest absolute Gasteiger partial charge is 0.143 e. The van der Waals surface area contributed by atoms with Crippen LogP contribution in [0.5, 0.6) is 0 Å². The fourth-order valence-corrected chi connectivity index (χ4v) is 2.14. The standard InChI is InChI=1S/C10H13ClFN.CH5N/c11-8-3-4-10(9(12)7-8)13-5-1-2-6-13;1-2/h7H,1-6H2;2H2,1H3. The molecule has 0 bridgehead atoms. The number of rotatable bonds is 1. The van der Waals surface area contributed by atoms with Gasteiger partial charge in [-0.3, -0.25) is 0 Å². The molecule has 0 saturated carbocycles. The van der Waals surface area contributed by atoms with Crippen LogP contribution in [0.4, 0.5) is 4.39 Å². The van der Waals surface area contributed by atoms with Crippen LogP contribution in [0.1, 0.15) is 25.7 Å². The summed E-state index contributed by atoms with van der Waals surface area (Å²) in [6.45, 7) is 2.02. The van der Waals surface area contributed by atoms with E-state index in [-0.39, 0.29) is 5.83 Å². The maximum Gasteiger partial charge on any atom is 0.143 e. The fraction of sp³-hybridized carbons (Fsp3) is 0.636. The van der Waals surface area contributed by atoms with E-state index in [0.29, 0.717) is 5.03 Å². The fourth-order valence-electron chi connectivity index (χ4n) is 1.95. The van der Waals surface area contributed by atoms with E-state index in [1.165, 1.54) is 26.0 Å². The molecule has 0 atom stereocenters. The summed E-state index contributed by atoms with van der Waals surface area (Å²) in [5.74, 6) is -0.127. The van der Waals surface area contributed by atoms with Gasteiger partial charge in [-0.05, 0) is 38.8 Å². The highest BCUT2D eigenvalue weighted by Crippen LogP contribution is 2.30. The summed E-state index contributed by atoms with van der Waals surface area (Å²) < 4.78 is 13.4. The zero-order chi connectivity index (χ0) is 11.3. The number of nitrogens with two attached hydrogens (primary N) is 1. The van der Waals surface area contributed by atoms with Gasteiger partial charge in [0, 0.05) is 23.8 Å². The van der Waals surface area contributed by atoms with Crippen molar-refractivity contribution in [1.29, 1.82) is 0 Å². The summed E-state index contributed by atoms with van der Waals surface area (Å²) in [7, 11) is 1.50. The number of allylic oxidation sites excluding steroid dienone is 4. The predicted octanol–water partition coefficient (Wildman–Crippen LogP) is 2.75. The van der Waals surface area contributed by atoms with Gasteiger partial charge in [-0.25, -0.2) is 4.39 Å². The molecule has 0 amide bonds. The Morgan fingerprint density at radius 3 is 2.40 bits per heavy atom. The molecule has 2 aliphatic rings. The summed E-state index contributed by atoms with van der Waals surface area (Å²) in [6, 6.07) is 0. The van der Waals surface area contributed by atoms with Crippen LogP contribution in [0.3, 0.4) is 0 Å². The molecule has 0 unspecified atom stereocenters. The average Bonchev–Trinajstić information content (AvgIpc) is 2.74. The molecule has 0 spiro atoms. The molecule has 4 heteroatoms. The van der Waals surface area contributed by atoms with E-state index in [2.05, 4.69) is 10.6 Å². The van der Waals surface area contributed by atoms with E-state index < -0.39 is 0 Å². The zero-order valence-electron chi connectivity index (χ0n) is 9.10. The van der Waals surface area contributed by atoms with Crippen molar-refractivity contribution < 1.29 is 4.39 Å². The normalized spacial score (nSPS) is 21.1. The first-order chi connectivity index (χ1) is 7.27. The molecule has 2 N–H and O–H groups in total. The van der Waals surface area contributed by atoms with E-state index in [1.54, 1.807) is 0 Å². The van der Waals surface area contributed by atoms with E-state index in [9.17, 15) is 4.39 Å². The number of hydrogen-bond acceptors (Lipinski definition) is 2. The second kappa shape index (κ2) is 6.13. The second-order valence-electron chi connectivity index (χ2n) is 3.58. The molecule has 86 valence electrons. The van der Waals surface area contributed by atoms with Gasteiger partial charge in [-0.15, -0.1) is 0 Å². The average molecular weight is 233 g/mol. The Labute approximate surface area is 95.6 Å². The molecule has 15 heavy (non-hydrogen) atoms. The lowest BCUT2D eigenvalue weighted by atomic mass is 10.1. The molecule has 0 radical (unpaired) electrons. The number of likely N-dealkylation sites (tertiary alicyclic amines) is 1. The Morgan fingerprint density at radius 1 is 1.27 bits per heavy atom. The highest BCUT2D eigenvalue weighted by molar-refractivity contribution is 6.29. The molecule has 1 saturated heterocycles. The molecular weight excluding hydrogens is 215 g/mol. The summed E-state index contributed by atoms with van der Waals surface area (Å²) in [6.07, 6.45) is 5.39. The number of hydrogen-bond donors (Lipinski definition) is 1. The van der Waals surface area contributed by atoms with Gasteiger partial charge in [0.2, 0.25) is 0 Å². The minimum atomic E-state index is -0.127. The minimum absolute atomic E-state index is 0.127. The Bertz CT molecular complexity index is 268. The van der Waals surface area contributed by atoms with Crippen LogP contribution in [0, 0.1) is 0 Å². The Kier molecular flexibility index (Phi) is 5.12. The second-order valence-corrected chi connectivity index (χ2v) is 4.07. The van der Waals surface area contributed by atoms with Crippen molar-refractivity contribution in [2.45, 2.75) is 25.7 Å². The number of nitrogens with zero attached hydrogens (tertiary/aromatic N) is 1. The van der Waals surface area contributed by atoms with Crippen molar-refractivity contribution in [3.63, 3.8) is 0 Å². The lowest BCUT2D eigenvalue weighted by Crippen LogP contribution is -2.20. The monoisotopic (exact) mass is 232 g/mol. The van der Waals surface area contributed by atoms with Gasteiger partial charge in [-0.1, -0.05) is 11.6 Å². The summed E-state index contributed by atoms with van der Waals surface area (Å²) >= 11 is 5.75. The van der Waals surface area contributed by atoms with Crippen LogP contribution in [-0.4, -0.2) is 25.0 Å². The van der Waals surface area contributed by atoms with Crippen molar-refractivity contribution in [2.75, 3.05) is 20.1 Å². The molecule has 1 heterocycles. The van der Waals surface area contributed by atoms with Gasteiger partial charge in [0.1, 0.15) is 5.83 Å². The summed E-state index contributed by atoms with van der Waals surface area (Å²) in [5.41, 5.74) is 5.36. The van der Waals surface area contributed by atoms with E-state index in [0.717, 1.165) is 31.6 Å². The molecule has 1 aliphatic carbocycles. The van der Waals surface area contributed by atoms with E-state index in [1.807, 2.05) is 0 Å². The molecular formula is C11H18ClFN2. The van der Waals surface area contributed by atoms with Crippen molar-refractivity contribution in [3.8, 4) is 0 Å². The van der Waals surface area contributed by atoms with Gasteiger partial charge in [0.15, 0.2) is 0 Å². The first kappa shape index (κ1) is 12.5. The molecule has 2 nitrogen and oxygen atoms in total. The van der Waals surface area contributed by atoms with Crippen LogP contribution >= 0.6 is 11.6 Å². The largest absolute Gasteiger partial charge is 0.372 e. The predicted molar refractivity (Wildman–Crippen MR) is 62.2 cm³/mol. The highest BCUT2D eigenvalue weighted by Gasteiger charge is 2.20. The Morgan fingerprint density at radius 2 is 1.87 bits per heavy atom. The van der Waals surface area contributed by atoms with Gasteiger partial charge in [0.25, 0.3) is 0 Å². The molecule has 0 aromatic heterocycles. The SMILES string of the molecule is CN.FC1=C(N2CCCC2)CCC(Cl)=C1. The van der Waals surface area contributed by atoms with Crippen LogP contribution < -0.4 is 5.73 Å². The van der Waals surface area contributed by atoms with Crippen molar-refractivity contribution in [3.05, 3.63) is 22.6 Å².